The molecule has 3 rings (SSSR count). The van der Waals surface area contributed by atoms with Crippen LogP contribution in [0.15, 0.2) is 23.3 Å². The van der Waals surface area contributed by atoms with Gasteiger partial charge in [0, 0.05) is 22.8 Å². The summed E-state index contributed by atoms with van der Waals surface area (Å²) >= 11 is 0. The molecule has 0 bridgehead atoms. The molecule has 2 fully saturated rings. The van der Waals surface area contributed by atoms with Crippen LogP contribution in [0, 0.1) is 29.1 Å². The molecule has 180 valence electrons. The number of carboxylic acid groups (broad SMARTS) is 1. The van der Waals surface area contributed by atoms with Crippen molar-refractivity contribution in [2.45, 2.75) is 91.3 Å². The van der Waals surface area contributed by atoms with Crippen molar-refractivity contribution in [1.82, 2.24) is 0 Å². The zero-order valence-corrected chi connectivity index (χ0v) is 19.8. The number of carboxylic acids is 1. The van der Waals surface area contributed by atoms with Crippen LogP contribution in [0.25, 0.3) is 0 Å². The Morgan fingerprint density at radius 1 is 1.38 bits per heavy atom. The second-order valence-corrected chi connectivity index (χ2v) is 10.3. The normalized spacial score (nSPS) is 40.2. The maximum absolute atomic E-state index is 12.9. The van der Waals surface area contributed by atoms with Crippen LogP contribution >= 0.6 is 0 Å². The lowest BCUT2D eigenvalue weighted by Crippen LogP contribution is -2.53. The third kappa shape index (κ3) is 4.52. The first-order valence-electron chi connectivity index (χ1n) is 11.9. The highest BCUT2D eigenvalue weighted by Crippen LogP contribution is 2.59. The number of hydrogen-bond donors (Lipinski definition) is 3. The third-order valence-electron chi connectivity index (χ3n) is 7.84. The fraction of sp³-hybridized carbons (Fsp3) is 0.760. The van der Waals surface area contributed by atoms with Gasteiger partial charge >= 0.3 is 11.9 Å². The molecule has 1 aliphatic heterocycles. The number of esters is 1. The van der Waals surface area contributed by atoms with Gasteiger partial charge in [-0.3, -0.25) is 4.79 Å². The van der Waals surface area contributed by atoms with Crippen molar-refractivity contribution in [2.24, 2.45) is 29.1 Å². The standard InChI is InChI=1S/C25H38O7/c1-6-7-8-14(2)11-15(3)22(28)31-20-10-9-17(21(26)27)24(5)12-18-16(4)23(29)32-25(18,30)13-19(20)24/h11,13-14,16-18,20,23,29-30H,6-10,12H2,1-5H3,(H,26,27)/b15-11+/t14?,16?,17-,18?,20-,23?,24-,25?/m1/s1. The van der Waals surface area contributed by atoms with Gasteiger partial charge in [0.15, 0.2) is 12.1 Å². The molecular formula is C25H38O7. The Hall–Kier alpha value is -1.70. The number of unbranched alkanes of at least 4 members (excludes halogenated alkanes) is 1. The fourth-order valence-electron chi connectivity index (χ4n) is 5.84. The summed E-state index contributed by atoms with van der Waals surface area (Å²) in [4.78, 5) is 24.9. The average Bonchev–Trinajstić information content (AvgIpc) is 2.92. The van der Waals surface area contributed by atoms with Crippen LogP contribution in [-0.4, -0.2) is 45.4 Å². The van der Waals surface area contributed by atoms with E-state index >= 15 is 0 Å². The van der Waals surface area contributed by atoms with Crippen LogP contribution in [0.2, 0.25) is 0 Å². The summed E-state index contributed by atoms with van der Waals surface area (Å²) < 4.78 is 11.4. The maximum Gasteiger partial charge on any atom is 0.333 e. The van der Waals surface area contributed by atoms with Crippen LogP contribution in [0.5, 0.6) is 0 Å². The maximum atomic E-state index is 12.9. The molecular weight excluding hydrogens is 412 g/mol. The van der Waals surface area contributed by atoms with Crippen molar-refractivity contribution in [3.05, 3.63) is 23.3 Å². The molecule has 8 atom stereocenters. The highest BCUT2D eigenvalue weighted by molar-refractivity contribution is 5.88. The molecule has 0 amide bonds. The number of ether oxygens (including phenoxy) is 2. The summed E-state index contributed by atoms with van der Waals surface area (Å²) in [6.07, 6.45) is 5.93. The first-order chi connectivity index (χ1) is 14.9. The largest absolute Gasteiger partial charge is 0.481 e. The zero-order chi connectivity index (χ0) is 23.8. The van der Waals surface area contributed by atoms with Crippen LogP contribution in [0.1, 0.15) is 73.1 Å². The topological polar surface area (TPSA) is 113 Å². The van der Waals surface area contributed by atoms with E-state index in [9.17, 15) is 24.9 Å². The second-order valence-electron chi connectivity index (χ2n) is 10.3. The van der Waals surface area contributed by atoms with E-state index in [1.165, 1.54) is 6.08 Å². The van der Waals surface area contributed by atoms with E-state index in [2.05, 4.69) is 13.8 Å². The molecule has 2 aliphatic carbocycles. The van der Waals surface area contributed by atoms with E-state index in [4.69, 9.17) is 9.47 Å². The van der Waals surface area contributed by atoms with Crippen molar-refractivity contribution >= 4 is 11.9 Å². The van der Waals surface area contributed by atoms with Gasteiger partial charge in [-0.15, -0.1) is 0 Å². The Morgan fingerprint density at radius 3 is 2.69 bits per heavy atom. The van der Waals surface area contributed by atoms with E-state index in [0.717, 1.165) is 19.3 Å². The van der Waals surface area contributed by atoms with Crippen molar-refractivity contribution in [3.63, 3.8) is 0 Å². The molecule has 0 aromatic heterocycles. The fourth-order valence-corrected chi connectivity index (χ4v) is 5.84. The van der Waals surface area contributed by atoms with Crippen molar-refractivity contribution in [3.8, 4) is 0 Å². The van der Waals surface area contributed by atoms with Gasteiger partial charge in [-0.25, -0.2) is 4.79 Å². The molecule has 1 heterocycles. The monoisotopic (exact) mass is 450 g/mol. The van der Waals surface area contributed by atoms with Crippen molar-refractivity contribution < 1.29 is 34.4 Å². The Bertz CT molecular complexity index is 802. The van der Waals surface area contributed by atoms with Gasteiger partial charge in [0.25, 0.3) is 0 Å². The molecule has 1 saturated heterocycles. The van der Waals surface area contributed by atoms with Crippen LogP contribution < -0.4 is 0 Å². The molecule has 0 aromatic carbocycles. The summed E-state index contributed by atoms with van der Waals surface area (Å²) in [7, 11) is 0. The number of fused-ring (bicyclic) bond motifs is 2. The lowest BCUT2D eigenvalue weighted by atomic mass is 9.55. The van der Waals surface area contributed by atoms with E-state index in [0.29, 0.717) is 30.4 Å². The van der Waals surface area contributed by atoms with E-state index < -0.39 is 47.4 Å². The number of aliphatic hydroxyl groups is 2. The Morgan fingerprint density at radius 2 is 2.06 bits per heavy atom. The number of aliphatic carboxylic acids is 1. The lowest BCUT2D eigenvalue weighted by Gasteiger charge is -2.51. The molecule has 5 unspecified atom stereocenters. The van der Waals surface area contributed by atoms with Gasteiger partial charge in [-0.2, -0.15) is 0 Å². The highest BCUT2D eigenvalue weighted by Gasteiger charge is 2.61. The van der Waals surface area contributed by atoms with Gasteiger partial charge in [0.2, 0.25) is 0 Å². The Kier molecular flexibility index (Phi) is 7.23. The number of rotatable bonds is 7. The predicted octanol–water partition coefficient (Wildman–Crippen LogP) is 3.79. The van der Waals surface area contributed by atoms with Gasteiger partial charge in [0.1, 0.15) is 6.10 Å². The number of allylic oxidation sites excluding steroid dienone is 1. The number of carbonyl (C=O) groups excluding carboxylic acids is 1. The van der Waals surface area contributed by atoms with Gasteiger partial charge in [-0.05, 0) is 50.2 Å². The van der Waals surface area contributed by atoms with Crippen molar-refractivity contribution in [1.29, 1.82) is 0 Å². The number of aliphatic hydroxyl groups excluding tert-OH is 1. The second kappa shape index (κ2) is 9.27. The van der Waals surface area contributed by atoms with E-state index in [1.54, 1.807) is 13.8 Å². The van der Waals surface area contributed by atoms with Crippen LogP contribution in [0.3, 0.4) is 0 Å². The summed E-state index contributed by atoms with van der Waals surface area (Å²) in [5, 5.41) is 31.2. The first kappa shape index (κ1) is 24.9. The first-order valence-corrected chi connectivity index (χ1v) is 11.9. The number of carbonyl (C=O) groups is 2. The highest BCUT2D eigenvalue weighted by atomic mass is 16.7. The summed E-state index contributed by atoms with van der Waals surface area (Å²) in [5.41, 5.74) is 0.306. The lowest BCUT2D eigenvalue weighted by molar-refractivity contribution is -0.228. The molecule has 7 heteroatoms. The zero-order valence-electron chi connectivity index (χ0n) is 19.8. The predicted molar refractivity (Wildman–Crippen MR) is 118 cm³/mol. The molecule has 0 spiro atoms. The molecule has 32 heavy (non-hydrogen) atoms. The van der Waals surface area contributed by atoms with E-state index in [-0.39, 0.29) is 11.8 Å². The minimum absolute atomic E-state index is 0.265. The summed E-state index contributed by atoms with van der Waals surface area (Å²) in [6.45, 7) is 9.60. The summed E-state index contributed by atoms with van der Waals surface area (Å²) in [5.74, 6) is -4.21. The van der Waals surface area contributed by atoms with Crippen LogP contribution in [-0.2, 0) is 19.1 Å². The minimum atomic E-state index is -1.70. The van der Waals surface area contributed by atoms with Crippen LogP contribution in [0.4, 0.5) is 0 Å². The van der Waals surface area contributed by atoms with E-state index in [1.807, 2.05) is 13.0 Å². The Balaban J connectivity index is 1.88. The molecule has 0 radical (unpaired) electrons. The minimum Gasteiger partial charge on any atom is -0.481 e. The SMILES string of the molecule is CCCCC(C)/C=C(\C)C(=O)O[C@@H]1CC[C@H](C(=O)O)[C@@]2(C)CC3C(C)C(O)OC3(O)C=C12. The Labute approximate surface area is 190 Å². The molecule has 3 N–H and O–H groups in total. The average molecular weight is 451 g/mol. The summed E-state index contributed by atoms with van der Waals surface area (Å²) in [6, 6.07) is 0. The number of hydrogen-bond acceptors (Lipinski definition) is 6. The van der Waals surface area contributed by atoms with Crippen molar-refractivity contribution in [2.75, 3.05) is 0 Å². The van der Waals surface area contributed by atoms with Gasteiger partial charge < -0.3 is 24.8 Å². The smallest absolute Gasteiger partial charge is 0.333 e. The van der Waals surface area contributed by atoms with Gasteiger partial charge in [0.05, 0.1) is 5.92 Å². The third-order valence-corrected chi connectivity index (χ3v) is 7.84. The van der Waals surface area contributed by atoms with Gasteiger partial charge in [-0.1, -0.05) is 46.6 Å². The molecule has 0 aromatic rings. The molecule has 3 aliphatic rings. The molecule has 1 saturated carbocycles. The quantitative estimate of drug-likeness (QED) is 0.307. The molecule has 7 nitrogen and oxygen atoms in total.